The van der Waals surface area contributed by atoms with Crippen molar-refractivity contribution in [3.8, 4) is 0 Å². The molecule has 9 heavy (non-hydrogen) atoms. The van der Waals surface area contributed by atoms with Crippen molar-refractivity contribution in [2.24, 2.45) is 0 Å². The van der Waals surface area contributed by atoms with Gasteiger partial charge in [0.2, 0.25) is 0 Å². The molecular weight excluding hydrogens is 132 g/mol. The maximum Gasteiger partial charge on any atom is 0.0275 e. The summed E-state index contributed by atoms with van der Waals surface area (Å²) in [6.07, 6.45) is 2.28. The molecular formula is C7H14OS. The molecule has 0 aliphatic heterocycles. The molecule has 0 radical (unpaired) electrons. The first-order valence-electron chi connectivity index (χ1n) is 3.40. The van der Waals surface area contributed by atoms with Crippen LogP contribution in [0.5, 0.6) is 0 Å². The summed E-state index contributed by atoms with van der Waals surface area (Å²) in [4.78, 5) is 0. The molecule has 0 spiro atoms. The van der Waals surface area contributed by atoms with Gasteiger partial charge < -0.3 is 0 Å². The molecule has 1 atom stereocenters. The van der Waals surface area contributed by atoms with Crippen molar-refractivity contribution < 1.29 is 4.21 Å². The van der Waals surface area contributed by atoms with Gasteiger partial charge in [0.1, 0.15) is 0 Å². The Morgan fingerprint density at radius 1 is 1.56 bits per heavy atom. The van der Waals surface area contributed by atoms with Crippen LogP contribution in [0.4, 0.5) is 0 Å². The van der Waals surface area contributed by atoms with Crippen LogP contribution in [0.2, 0.25) is 0 Å². The fourth-order valence-corrected chi connectivity index (χ4v) is 2.56. The second-order valence-corrected chi connectivity index (χ2v) is 6.20. The normalized spacial score (nSPS) is 26.1. The van der Waals surface area contributed by atoms with Crippen molar-refractivity contribution >= 4 is 15.4 Å². The minimum Gasteiger partial charge on any atom is -0.267 e. The molecule has 54 valence electrons. The van der Waals surface area contributed by atoms with Crippen LogP contribution in [0.15, 0.2) is 0 Å². The summed E-state index contributed by atoms with van der Waals surface area (Å²) >= 11 is 0. The molecule has 1 unspecified atom stereocenters. The highest BCUT2D eigenvalue weighted by molar-refractivity contribution is 8.01. The first kappa shape index (κ1) is 7.13. The largest absolute Gasteiger partial charge is 0.267 e. The zero-order valence-electron chi connectivity index (χ0n) is 6.09. The van der Waals surface area contributed by atoms with Gasteiger partial charge in [-0.15, -0.1) is 0 Å². The lowest BCUT2D eigenvalue weighted by molar-refractivity contribution is 0.673. The van der Waals surface area contributed by atoms with Gasteiger partial charge in [-0.05, 0) is 28.2 Å². The third-order valence-electron chi connectivity index (χ3n) is 1.89. The molecule has 0 amide bonds. The van der Waals surface area contributed by atoms with Gasteiger partial charge in [0.15, 0.2) is 0 Å². The summed E-state index contributed by atoms with van der Waals surface area (Å²) in [6, 6.07) is 0. The maximum absolute atomic E-state index is 11.5. The molecule has 1 saturated carbocycles. The molecule has 1 aliphatic carbocycles. The smallest absolute Gasteiger partial charge is 0.0275 e. The molecule has 2 heteroatoms. The van der Waals surface area contributed by atoms with Gasteiger partial charge in [-0.3, -0.25) is 4.21 Å². The molecule has 1 aliphatic rings. The van der Waals surface area contributed by atoms with Gasteiger partial charge in [0, 0.05) is 10.5 Å². The first-order chi connectivity index (χ1) is 4.05. The minimum absolute atomic E-state index is 0.269. The van der Waals surface area contributed by atoms with E-state index in [2.05, 4.69) is 5.87 Å². The van der Waals surface area contributed by atoms with Crippen LogP contribution in [0.3, 0.4) is 0 Å². The van der Waals surface area contributed by atoms with Crippen LogP contribution >= 0.6 is 0 Å². The molecule has 0 saturated heterocycles. The van der Waals surface area contributed by atoms with Crippen molar-refractivity contribution in [3.63, 3.8) is 0 Å². The summed E-state index contributed by atoms with van der Waals surface area (Å²) in [7, 11) is -1.70. The van der Waals surface area contributed by atoms with E-state index >= 15 is 0 Å². The lowest BCUT2D eigenvalue weighted by Crippen LogP contribution is -2.17. The van der Waals surface area contributed by atoms with Gasteiger partial charge >= 0.3 is 0 Å². The summed E-state index contributed by atoms with van der Waals surface area (Å²) in [5.74, 6) is 3.76. The quantitative estimate of drug-likeness (QED) is 0.536. The van der Waals surface area contributed by atoms with E-state index in [0.717, 1.165) is 12.8 Å². The molecule has 0 N–H and O–H groups in total. The van der Waals surface area contributed by atoms with Crippen LogP contribution in [-0.4, -0.2) is 20.6 Å². The van der Waals surface area contributed by atoms with E-state index in [1.165, 1.54) is 0 Å². The van der Waals surface area contributed by atoms with Crippen LogP contribution in [0.25, 0.3) is 0 Å². The Labute approximate surface area is 57.5 Å². The molecule has 0 bridgehead atoms. The van der Waals surface area contributed by atoms with Gasteiger partial charge in [-0.25, -0.2) is 0 Å². The Bertz CT molecular complexity index is 177. The van der Waals surface area contributed by atoms with E-state index in [-0.39, 0.29) is 5.25 Å². The monoisotopic (exact) mass is 146 g/mol. The topological polar surface area (TPSA) is 17.1 Å². The molecule has 0 aromatic heterocycles. The van der Waals surface area contributed by atoms with E-state index in [1.807, 2.05) is 13.8 Å². The van der Waals surface area contributed by atoms with Crippen LogP contribution < -0.4 is 0 Å². The zero-order chi connectivity index (χ0) is 7.07. The fraction of sp³-hybridized carbons (Fsp3) is 0.857. The molecule has 1 rings (SSSR count). The summed E-state index contributed by atoms with van der Waals surface area (Å²) in [5.41, 5.74) is 0. The van der Waals surface area contributed by atoms with E-state index in [1.54, 1.807) is 0 Å². The lowest BCUT2D eigenvalue weighted by Gasteiger charge is -2.10. The molecule has 0 aromatic rings. The molecule has 1 nitrogen and oxygen atoms in total. The van der Waals surface area contributed by atoms with Crippen LogP contribution in [-0.2, 0) is 9.52 Å². The fourth-order valence-electron chi connectivity index (χ4n) is 0.852. The Morgan fingerprint density at radius 3 is 2.11 bits per heavy atom. The highest BCUT2D eigenvalue weighted by atomic mass is 32.2. The highest BCUT2D eigenvalue weighted by Gasteiger charge is 2.32. The van der Waals surface area contributed by atoms with Gasteiger partial charge in [0.25, 0.3) is 0 Å². The number of rotatable bonds is 2. The Morgan fingerprint density at radius 2 is 2.00 bits per heavy atom. The predicted molar refractivity (Wildman–Crippen MR) is 43.4 cm³/mol. The van der Waals surface area contributed by atoms with Crippen molar-refractivity contribution in [2.45, 2.75) is 37.2 Å². The zero-order valence-corrected chi connectivity index (χ0v) is 6.91. The maximum atomic E-state index is 11.5. The Balaban J connectivity index is 2.73. The van der Waals surface area contributed by atoms with Crippen LogP contribution in [0.1, 0.15) is 26.7 Å². The highest BCUT2D eigenvalue weighted by Crippen LogP contribution is 2.30. The van der Waals surface area contributed by atoms with E-state index < -0.39 is 9.52 Å². The molecule has 0 heterocycles. The summed E-state index contributed by atoms with van der Waals surface area (Å²) < 4.78 is 11.5. The predicted octanol–water partition coefficient (Wildman–Crippen LogP) is 1.27. The van der Waals surface area contributed by atoms with Crippen molar-refractivity contribution in [2.75, 3.05) is 0 Å². The first-order valence-corrected chi connectivity index (χ1v) is 5.25. The van der Waals surface area contributed by atoms with Crippen molar-refractivity contribution in [1.82, 2.24) is 0 Å². The lowest BCUT2D eigenvalue weighted by atomic mass is 10.6. The Hall–Kier alpha value is 0.0200. The number of hydrogen-bond acceptors (Lipinski definition) is 1. The average Bonchev–Trinajstić information content (AvgIpc) is 2.42. The standard InChI is InChI=1S/C7H14OS/c1-6(2)9(3,8)7-4-5-7/h6-7H,3-5H2,1-2H3. The molecule has 0 aromatic carbocycles. The van der Waals surface area contributed by atoms with Crippen molar-refractivity contribution in [1.29, 1.82) is 0 Å². The summed E-state index contributed by atoms with van der Waals surface area (Å²) in [5, 5.41) is 0.725. The van der Waals surface area contributed by atoms with E-state index in [0.29, 0.717) is 5.25 Å². The Kier molecular flexibility index (Phi) is 1.59. The van der Waals surface area contributed by atoms with E-state index in [9.17, 15) is 4.21 Å². The van der Waals surface area contributed by atoms with Crippen molar-refractivity contribution in [3.05, 3.63) is 0 Å². The van der Waals surface area contributed by atoms with Gasteiger partial charge in [-0.1, -0.05) is 13.8 Å². The SMILES string of the molecule is C=S(=O)(C(C)C)C1CC1. The number of hydrogen-bond donors (Lipinski definition) is 0. The van der Waals surface area contributed by atoms with E-state index in [4.69, 9.17) is 0 Å². The second kappa shape index (κ2) is 2.01. The van der Waals surface area contributed by atoms with Gasteiger partial charge in [-0.2, -0.15) is 0 Å². The third kappa shape index (κ3) is 1.29. The molecule has 1 fully saturated rings. The van der Waals surface area contributed by atoms with Crippen LogP contribution in [0, 0.1) is 0 Å². The average molecular weight is 146 g/mol. The summed E-state index contributed by atoms with van der Waals surface area (Å²) in [6.45, 7) is 3.99. The third-order valence-corrected chi connectivity index (χ3v) is 5.08. The second-order valence-electron chi connectivity index (χ2n) is 3.03. The minimum atomic E-state index is -1.70. The van der Waals surface area contributed by atoms with Gasteiger partial charge in [0.05, 0.1) is 0 Å².